The van der Waals surface area contributed by atoms with Crippen LogP contribution >= 0.6 is 15.9 Å². The summed E-state index contributed by atoms with van der Waals surface area (Å²) in [5.41, 5.74) is 6.60. The van der Waals surface area contributed by atoms with Crippen LogP contribution in [0.1, 0.15) is 0 Å². The minimum Gasteiger partial charge on any atom is -0.505 e. The van der Waals surface area contributed by atoms with Gasteiger partial charge in [-0.25, -0.2) is 4.39 Å². The van der Waals surface area contributed by atoms with Gasteiger partial charge in [-0.3, -0.25) is 0 Å². The molecule has 0 aliphatic carbocycles. The second kappa shape index (κ2) is 5.17. The lowest BCUT2D eigenvalue weighted by molar-refractivity contribution is 0.426. The van der Waals surface area contributed by atoms with Crippen LogP contribution in [0.15, 0.2) is 45.4 Å². The summed E-state index contributed by atoms with van der Waals surface area (Å²) < 4.78 is 19.1. The predicted molar refractivity (Wildman–Crippen MR) is 78.9 cm³/mol. The zero-order valence-corrected chi connectivity index (χ0v) is 12.1. The lowest BCUT2D eigenvalue weighted by atomic mass is 10.1. The van der Waals surface area contributed by atoms with Crippen molar-refractivity contribution in [1.29, 1.82) is 0 Å². The Bertz CT molecular complexity index is 803. The van der Waals surface area contributed by atoms with Gasteiger partial charge in [-0.2, -0.15) is 4.98 Å². The summed E-state index contributed by atoms with van der Waals surface area (Å²) in [6.07, 6.45) is 0. The number of nitrogen functional groups attached to an aromatic ring is 1. The fraction of sp³-hybridized carbons (Fsp3) is 0. The quantitative estimate of drug-likeness (QED) is 0.545. The number of para-hydroxylation sites is 1. The van der Waals surface area contributed by atoms with E-state index in [9.17, 15) is 9.50 Å². The first-order valence-corrected chi connectivity index (χ1v) is 6.72. The minimum absolute atomic E-state index is 0.103. The van der Waals surface area contributed by atoms with Gasteiger partial charge in [0.15, 0.2) is 5.75 Å². The third-order valence-electron chi connectivity index (χ3n) is 2.89. The molecule has 5 nitrogen and oxygen atoms in total. The van der Waals surface area contributed by atoms with Gasteiger partial charge in [0.2, 0.25) is 5.82 Å². The second-order valence-corrected chi connectivity index (χ2v) is 5.15. The van der Waals surface area contributed by atoms with E-state index in [0.29, 0.717) is 15.6 Å². The van der Waals surface area contributed by atoms with Crippen molar-refractivity contribution in [3.05, 3.63) is 46.7 Å². The molecule has 1 heterocycles. The molecule has 0 fully saturated rings. The number of benzene rings is 2. The van der Waals surface area contributed by atoms with Crippen LogP contribution in [0, 0.1) is 5.82 Å². The van der Waals surface area contributed by atoms with Gasteiger partial charge in [0.05, 0.1) is 11.3 Å². The zero-order valence-electron chi connectivity index (χ0n) is 10.5. The molecule has 0 aliphatic rings. The maximum absolute atomic E-state index is 13.3. The van der Waals surface area contributed by atoms with E-state index in [-0.39, 0.29) is 23.2 Å². The topological polar surface area (TPSA) is 85.2 Å². The lowest BCUT2D eigenvalue weighted by Gasteiger charge is -2.01. The summed E-state index contributed by atoms with van der Waals surface area (Å²) in [6.45, 7) is 0. The molecule has 0 spiro atoms. The monoisotopic (exact) mass is 349 g/mol. The third kappa shape index (κ3) is 2.47. The minimum atomic E-state index is -0.411. The van der Waals surface area contributed by atoms with E-state index in [1.54, 1.807) is 24.3 Å². The van der Waals surface area contributed by atoms with Crippen molar-refractivity contribution in [2.75, 3.05) is 5.73 Å². The highest BCUT2D eigenvalue weighted by atomic mass is 79.9. The number of aromatic nitrogens is 2. The number of rotatable bonds is 2. The summed E-state index contributed by atoms with van der Waals surface area (Å²) in [5.74, 6) is -0.235. The van der Waals surface area contributed by atoms with Gasteiger partial charge in [-0.1, -0.05) is 27.2 Å². The summed E-state index contributed by atoms with van der Waals surface area (Å²) in [4.78, 5) is 4.16. The molecule has 3 N–H and O–H groups in total. The average Bonchev–Trinajstić information content (AvgIpc) is 2.94. The maximum atomic E-state index is 13.3. The van der Waals surface area contributed by atoms with E-state index in [4.69, 9.17) is 10.3 Å². The third-order valence-corrected chi connectivity index (χ3v) is 3.58. The van der Waals surface area contributed by atoms with Crippen LogP contribution in [0.3, 0.4) is 0 Å². The van der Waals surface area contributed by atoms with Crippen LogP contribution in [-0.2, 0) is 0 Å². The summed E-state index contributed by atoms with van der Waals surface area (Å²) in [6, 6.07) is 8.98. The Hall–Kier alpha value is -2.41. The number of aromatic hydroxyl groups is 1. The number of anilines is 1. The first kappa shape index (κ1) is 13.6. The molecule has 3 rings (SSSR count). The number of halogens is 2. The van der Waals surface area contributed by atoms with Crippen molar-refractivity contribution in [3.8, 4) is 28.6 Å². The van der Waals surface area contributed by atoms with Crippen LogP contribution in [0.5, 0.6) is 5.75 Å². The van der Waals surface area contributed by atoms with Gasteiger partial charge in [-0.05, 0) is 30.3 Å². The molecule has 0 bridgehead atoms. The second-order valence-electron chi connectivity index (χ2n) is 4.29. The molecule has 0 radical (unpaired) electrons. The number of hydrogen-bond donors (Lipinski definition) is 2. The number of phenols is 1. The molecule has 7 heteroatoms. The molecule has 106 valence electrons. The van der Waals surface area contributed by atoms with E-state index in [2.05, 4.69) is 26.1 Å². The molecular weight excluding hydrogens is 341 g/mol. The van der Waals surface area contributed by atoms with Gasteiger partial charge >= 0.3 is 0 Å². The molecule has 0 unspecified atom stereocenters. The normalized spacial score (nSPS) is 10.8. The molecule has 0 atom stereocenters. The van der Waals surface area contributed by atoms with Gasteiger partial charge in [-0.15, -0.1) is 0 Å². The predicted octanol–water partition coefficient (Wildman–Crippen LogP) is 3.59. The number of hydrogen-bond acceptors (Lipinski definition) is 5. The van der Waals surface area contributed by atoms with Crippen molar-refractivity contribution >= 4 is 21.6 Å². The van der Waals surface area contributed by atoms with E-state index in [1.165, 1.54) is 12.1 Å². The first-order chi connectivity index (χ1) is 10.1. The van der Waals surface area contributed by atoms with E-state index in [0.717, 1.165) is 0 Å². The van der Waals surface area contributed by atoms with Crippen LogP contribution in [0.4, 0.5) is 10.1 Å². The van der Waals surface area contributed by atoms with Crippen molar-refractivity contribution in [2.24, 2.45) is 0 Å². The highest BCUT2D eigenvalue weighted by molar-refractivity contribution is 9.10. The number of phenolic OH excluding ortho intramolecular Hbond substituents is 1. The molecule has 21 heavy (non-hydrogen) atoms. The molecule has 0 saturated carbocycles. The van der Waals surface area contributed by atoms with Crippen LogP contribution in [0.2, 0.25) is 0 Å². The van der Waals surface area contributed by atoms with E-state index < -0.39 is 5.82 Å². The Morgan fingerprint density at radius 3 is 2.81 bits per heavy atom. The van der Waals surface area contributed by atoms with Gasteiger partial charge in [0.1, 0.15) is 5.82 Å². The van der Waals surface area contributed by atoms with Crippen molar-refractivity contribution in [2.45, 2.75) is 0 Å². The summed E-state index contributed by atoms with van der Waals surface area (Å²) in [7, 11) is 0. The van der Waals surface area contributed by atoms with Crippen LogP contribution < -0.4 is 5.73 Å². The Morgan fingerprint density at radius 2 is 2.00 bits per heavy atom. The van der Waals surface area contributed by atoms with Gasteiger partial charge in [0, 0.05) is 10.0 Å². The average molecular weight is 350 g/mol. The van der Waals surface area contributed by atoms with Crippen LogP contribution in [-0.4, -0.2) is 15.2 Å². The van der Waals surface area contributed by atoms with E-state index in [1.807, 2.05) is 0 Å². The Labute approximate surface area is 127 Å². The van der Waals surface area contributed by atoms with Crippen molar-refractivity contribution in [1.82, 2.24) is 10.1 Å². The maximum Gasteiger partial charge on any atom is 0.262 e. The standard InChI is InChI=1S/C14H9BrFN3O2/c15-10-5-4-7(16)6-9(10)13-18-14(21-19-13)8-2-1-3-11(17)12(8)20/h1-6,20H,17H2. The number of nitrogens with two attached hydrogens (primary N) is 1. The number of nitrogens with zero attached hydrogens (tertiary/aromatic N) is 2. The van der Waals surface area contributed by atoms with E-state index >= 15 is 0 Å². The van der Waals surface area contributed by atoms with Crippen molar-refractivity contribution in [3.63, 3.8) is 0 Å². The molecular formula is C14H9BrFN3O2. The first-order valence-electron chi connectivity index (χ1n) is 5.93. The lowest BCUT2D eigenvalue weighted by Crippen LogP contribution is -1.88. The fourth-order valence-electron chi connectivity index (χ4n) is 1.85. The molecule has 2 aromatic carbocycles. The Kier molecular flexibility index (Phi) is 3.34. The summed E-state index contributed by atoms with van der Waals surface area (Å²) >= 11 is 3.30. The SMILES string of the molecule is Nc1cccc(-c2nc(-c3cc(F)ccc3Br)no2)c1O. The largest absolute Gasteiger partial charge is 0.505 e. The Morgan fingerprint density at radius 1 is 1.19 bits per heavy atom. The zero-order chi connectivity index (χ0) is 15.0. The summed E-state index contributed by atoms with van der Waals surface area (Å²) in [5, 5.41) is 13.7. The highest BCUT2D eigenvalue weighted by Gasteiger charge is 2.17. The molecule has 3 aromatic rings. The molecule has 0 aliphatic heterocycles. The van der Waals surface area contributed by atoms with Crippen LogP contribution in [0.25, 0.3) is 22.8 Å². The van der Waals surface area contributed by atoms with Crippen molar-refractivity contribution < 1.29 is 14.0 Å². The Balaban J connectivity index is 2.08. The van der Waals surface area contributed by atoms with Gasteiger partial charge in [0.25, 0.3) is 5.89 Å². The van der Waals surface area contributed by atoms with Gasteiger partial charge < -0.3 is 15.4 Å². The smallest absolute Gasteiger partial charge is 0.262 e. The molecule has 0 amide bonds. The molecule has 0 saturated heterocycles. The highest BCUT2D eigenvalue weighted by Crippen LogP contribution is 2.34. The molecule has 1 aromatic heterocycles. The fourth-order valence-corrected chi connectivity index (χ4v) is 2.27.